The Balaban J connectivity index is 2.30. The van der Waals surface area contributed by atoms with Crippen molar-refractivity contribution in [1.29, 1.82) is 0 Å². The van der Waals surface area contributed by atoms with Gasteiger partial charge in [-0.2, -0.15) is 0 Å². The molecule has 1 atom stereocenters. The predicted molar refractivity (Wildman–Crippen MR) is 53.6 cm³/mol. The van der Waals surface area contributed by atoms with Crippen molar-refractivity contribution in [2.24, 2.45) is 0 Å². The molecule has 0 fully saturated rings. The Hall–Kier alpha value is -1.70. The Morgan fingerprint density at radius 3 is 2.29 bits per heavy atom. The van der Waals surface area contributed by atoms with Crippen molar-refractivity contribution in [2.75, 3.05) is 0 Å². The molecule has 0 spiro atoms. The van der Waals surface area contributed by atoms with Gasteiger partial charge in [0.05, 0.1) is 0 Å². The fraction of sp³-hybridized carbons (Fsp3) is 0.0833. The number of halogens is 1. The number of hydrogen-bond acceptors (Lipinski definition) is 1. The highest BCUT2D eigenvalue weighted by molar-refractivity contribution is 5.27. The van der Waals surface area contributed by atoms with Crippen molar-refractivity contribution in [3.63, 3.8) is 0 Å². The van der Waals surface area contributed by atoms with Crippen molar-refractivity contribution in [2.45, 2.75) is 6.17 Å². The number of nitrogens with zero attached hydrogens (tertiary/aromatic N) is 1. The number of aromatic nitrogens is 1. The molecule has 0 N–H and O–H groups in total. The first kappa shape index (κ1) is 8.88. The molecule has 0 aliphatic rings. The third-order valence-electron chi connectivity index (χ3n) is 2.07. The highest BCUT2D eigenvalue weighted by Crippen LogP contribution is 2.24. The van der Waals surface area contributed by atoms with E-state index in [1.165, 1.54) is 0 Å². The molecule has 1 nitrogen and oxygen atoms in total. The highest BCUT2D eigenvalue weighted by Gasteiger charge is 2.10. The summed E-state index contributed by atoms with van der Waals surface area (Å²) in [5, 5.41) is 0. The standard InChI is InChI=1S/C12H10FN/c13-12(10-5-2-1-3-6-10)11-7-4-8-14-9-11/h1-9,12H. The molecule has 2 aromatic rings. The summed E-state index contributed by atoms with van der Waals surface area (Å²) in [7, 11) is 0. The van der Waals surface area contributed by atoms with Crippen LogP contribution in [0.15, 0.2) is 54.9 Å². The zero-order valence-electron chi connectivity index (χ0n) is 7.60. The van der Waals surface area contributed by atoms with Crippen LogP contribution in [0.2, 0.25) is 0 Å². The van der Waals surface area contributed by atoms with Crippen LogP contribution >= 0.6 is 0 Å². The molecule has 0 aliphatic carbocycles. The molecular formula is C12H10FN. The second kappa shape index (κ2) is 4.01. The average molecular weight is 187 g/mol. The van der Waals surface area contributed by atoms with Gasteiger partial charge in [-0.1, -0.05) is 36.4 Å². The van der Waals surface area contributed by atoms with Crippen molar-refractivity contribution in [1.82, 2.24) is 4.98 Å². The molecule has 0 saturated heterocycles. The largest absolute Gasteiger partial charge is 0.264 e. The SMILES string of the molecule is FC(c1ccccc1)c1cccnc1. The quantitative estimate of drug-likeness (QED) is 0.703. The van der Waals surface area contributed by atoms with E-state index in [0.717, 1.165) is 0 Å². The minimum absolute atomic E-state index is 0.596. The zero-order chi connectivity index (χ0) is 9.80. The van der Waals surface area contributed by atoms with Gasteiger partial charge in [-0.25, -0.2) is 4.39 Å². The summed E-state index contributed by atoms with van der Waals surface area (Å²) in [6.07, 6.45) is 2.11. The maximum Gasteiger partial charge on any atom is 0.152 e. The lowest BCUT2D eigenvalue weighted by Gasteiger charge is -2.07. The van der Waals surface area contributed by atoms with E-state index in [-0.39, 0.29) is 0 Å². The van der Waals surface area contributed by atoms with Crippen LogP contribution in [0.3, 0.4) is 0 Å². The topological polar surface area (TPSA) is 12.9 Å². The van der Waals surface area contributed by atoms with Gasteiger partial charge >= 0.3 is 0 Å². The molecular weight excluding hydrogens is 177 g/mol. The maximum absolute atomic E-state index is 13.8. The molecule has 0 aliphatic heterocycles. The lowest BCUT2D eigenvalue weighted by atomic mass is 10.1. The summed E-state index contributed by atoms with van der Waals surface area (Å²) in [4.78, 5) is 3.89. The molecule has 1 aromatic carbocycles. The summed E-state index contributed by atoms with van der Waals surface area (Å²) in [5.74, 6) is 0. The van der Waals surface area contributed by atoms with Crippen LogP contribution in [0.25, 0.3) is 0 Å². The lowest BCUT2D eigenvalue weighted by Crippen LogP contribution is -1.93. The first-order chi connectivity index (χ1) is 6.88. The van der Waals surface area contributed by atoms with Gasteiger partial charge in [0, 0.05) is 18.0 Å². The molecule has 1 heterocycles. The van der Waals surface area contributed by atoms with Gasteiger partial charge in [0.15, 0.2) is 6.17 Å². The van der Waals surface area contributed by atoms with Gasteiger partial charge in [-0.15, -0.1) is 0 Å². The minimum Gasteiger partial charge on any atom is -0.264 e. The van der Waals surface area contributed by atoms with Crippen LogP contribution in [0.1, 0.15) is 17.3 Å². The van der Waals surface area contributed by atoms with Crippen LogP contribution in [-0.4, -0.2) is 4.98 Å². The van der Waals surface area contributed by atoms with Crippen molar-refractivity contribution in [3.8, 4) is 0 Å². The molecule has 0 saturated carbocycles. The predicted octanol–water partition coefficient (Wildman–Crippen LogP) is 3.14. The Bertz CT molecular complexity index is 346. The molecule has 0 bridgehead atoms. The number of hydrogen-bond donors (Lipinski definition) is 0. The first-order valence-corrected chi connectivity index (χ1v) is 4.47. The van der Waals surface area contributed by atoms with Gasteiger partial charge in [0.1, 0.15) is 0 Å². The Morgan fingerprint density at radius 2 is 1.64 bits per heavy atom. The van der Waals surface area contributed by atoms with Gasteiger partial charge in [-0.05, 0) is 11.6 Å². The first-order valence-electron chi connectivity index (χ1n) is 4.47. The van der Waals surface area contributed by atoms with Gasteiger partial charge in [-0.3, -0.25) is 4.98 Å². The van der Waals surface area contributed by atoms with Crippen LogP contribution in [0.4, 0.5) is 4.39 Å². The molecule has 1 unspecified atom stereocenters. The van der Waals surface area contributed by atoms with Crippen molar-refractivity contribution in [3.05, 3.63) is 66.0 Å². The summed E-state index contributed by atoms with van der Waals surface area (Å²) in [5.41, 5.74) is 1.26. The summed E-state index contributed by atoms with van der Waals surface area (Å²) >= 11 is 0. The second-order valence-electron chi connectivity index (χ2n) is 3.06. The van der Waals surface area contributed by atoms with Crippen molar-refractivity contribution < 1.29 is 4.39 Å². The fourth-order valence-electron chi connectivity index (χ4n) is 1.34. The lowest BCUT2D eigenvalue weighted by molar-refractivity contribution is 0.401. The number of rotatable bonds is 2. The van der Waals surface area contributed by atoms with Crippen LogP contribution in [-0.2, 0) is 0 Å². The molecule has 1 aromatic heterocycles. The summed E-state index contributed by atoms with van der Waals surface area (Å²) in [6.45, 7) is 0. The molecule has 2 heteroatoms. The van der Waals surface area contributed by atoms with Gasteiger partial charge < -0.3 is 0 Å². The van der Waals surface area contributed by atoms with E-state index in [4.69, 9.17) is 0 Å². The number of benzene rings is 1. The van der Waals surface area contributed by atoms with Crippen LogP contribution < -0.4 is 0 Å². The number of pyridine rings is 1. The third kappa shape index (κ3) is 1.79. The number of alkyl halides is 1. The zero-order valence-corrected chi connectivity index (χ0v) is 7.60. The van der Waals surface area contributed by atoms with E-state index < -0.39 is 6.17 Å². The Labute approximate surface area is 82.2 Å². The molecule has 14 heavy (non-hydrogen) atoms. The maximum atomic E-state index is 13.8. The molecule has 70 valence electrons. The van der Waals surface area contributed by atoms with E-state index in [1.54, 1.807) is 36.7 Å². The van der Waals surface area contributed by atoms with Gasteiger partial charge in [0.2, 0.25) is 0 Å². The van der Waals surface area contributed by atoms with Crippen molar-refractivity contribution >= 4 is 0 Å². The van der Waals surface area contributed by atoms with E-state index in [9.17, 15) is 4.39 Å². The fourth-order valence-corrected chi connectivity index (χ4v) is 1.34. The van der Waals surface area contributed by atoms with E-state index >= 15 is 0 Å². The molecule has 0 amide bonds. The molecule has 0 radical (unpaired) electrons. The minimum atomic E-state index is -1.08. The van der Waals surface area contributed by atoms with Crippen LogP contribution in [0, 0.1) is 0 Å². The van der Waals surface area contributed by atoms with E-state index in [0.29, 0.717) is 11.1 Å². The Kier molecular flexibility index (Phi) is 2.54. The van der Waals surface area contributed by atoms with E-state index in [2.05, 4.69) is 4.98 Å². The monoisotopic (exact) mass is 187 g/mol. The highest BCUT2D eigenvalue weighted by atomic mass is 19.1. The smallest absolute Gasteiger partial charge is 0.152 e. The second-order valence-corrected chi connectivity index (χ2v) is 3.06. The Morgan fingerprint density at radius 1 is 0.929 bits per heavy atom. The summed E-state index contributed by atoms with van der Waals surface area (Å²) in [6, 6.07) is 12.6. The van der Waals surface area contributed by atoms with Gasteiger partial charge in [0.25, 0.3) is 0 Å². The normalized spacial score (nSPS) is 12.4. The average Bonchev–Trinajstić information content (AvgIpc) is 2.30. The molecule has 2 rings (SSSR count). The van der Waals surface area contributed by atoms with Crippen LogP contribution in [0.5, 0.6) is 0 Å². The van der Waals surface area contributed by atoms with E-state index in [1.807, 2.05) is 18.2 Å². The third-order valence-corrected chi connectivity index (χ3v) is 2.07. The summed E-state index contributed by atoms with van der Waals surface area (Å²) < 4.78 is 13.8.